The van der Waals surface area contributed by atoms with Gasteiger partial charge in [0.2, 0.25) is 0 Å². The molecule has 6 heterocycles. The molecule has 0 aliphatic carbocycles. The molecule has 9 N–H and O–H groups in total. The monoisotopic (exact) mass is 1010 g/mol. The first-order valence-electron chi connectivity index (χ1n) is 26.0. The molecule has 0 aromatic heterocycles. The summed E-state index contributed by atoms with van der Waals surface area (Å²) in [5.74, 6) is -7.95. The Kier molecular flexibility index (Phi) is 21.1. The molecule has 5 saturated heterocycles. The Morgan fingerprint density at radius 1 is 0.775 bits per heavy atom. The predicted octanol–water partition coefficient (Wildman–Crippen LogP) is 3.23. The number of carboxylic acid groups (broad SMARTS) is 1. The largest absolute Gasteiger partial charge is 0.479 e. The van der Waals surface area contributed by atoms with Crippen molar-refractivity contribution in [3.05, 3.63) is 36.5 Å². The number of carboxylic acids is 1. The maximum atomic E-state index is 13.9. The number of cyclic esters (lactones) is 1. The van der Waals surface area contributed by atoms with Crippen LogP contribution in [0.4, 0.5) is 0 Å². The van der Waals surface area contributed by atoms with Crippen LogP contribution in [0.2, 0.25) is 0 Å². The van der Waals surface area contributed by atoms with E-state index in [0.717, 1.165) is 0 Å². The zero-order valence-electron chi connectivity index (χ0n) is 42.2. The minimum Gasteiger partial charge on any atom is -0.479 e. The van der Waals surface area contributed by atoms with E-state index in [2.05, 4.69) is 0 Å². The number of aliphatic hydroxyl groups is 8. The van der Waals surface area contributed by atoms with Crippen LogP contribution in [-0.2, 0) is 47.5 Å². The number of fused-ring (bicyclic) bond motifs is 6. The Hall–Kier alpha value is -2.44. The molecular weight excluding hydrogens is 929 g/mol. The van der Waals surface area contributed by atoms with Crippen molar-refractivity contribution in [1.82, 2.24) is 0 Å². The molecule has 6 aliphatic rings. The first-order valence-corrected chi connectivity index (χ1v) is 26.0. The fourth-order valence-corrected chi connectivity index (χ4v) is 11.3. The van der Waals surface area contributed by atoms with Crippen LogP contribution in [0.3, 0.4) is 0 Å². The molecule has 14 unspecified atom stereocenters. The highest BCUT2D eigenvalue weighted by Crippen LogP contribution is 2.48. The van der Waals surface area contributed by atoms with Gasteiger partial charge < -0.3 is 83.9 Å². The number of aliphatic hydroxyl groups excluding tert-OH is 7. The molecule has 2 spiro atoms. The smallest absolute Gasteiger partial charge is 0.332 e. The zero-order valence-corrected chi connectivity index (χ0v) is 42.2. The summed E-state index contributed by atoms with van der Waals surface area (Å²) in [6.07, 6.45) is -0.0237. The Morgan fingerprint density at radius 3 is 2.20 bits per heavy atom. The van der Waals surface area contributed by atoms with Crippen LogP contribution < -0.4 is 0 Å². The van der Waals surface area contributed by atoms with E-state index in [-0.39, 0.29) is 70.1 Å². The summed E-state index contributed by atoms with van der Waals surface area (Å²) in [6, 6.07) is 0. The number of ether oxygens (including phenoxy) is 8. The molecule has 71 heavy (non-hydrogen) atoms. The van der Waals surface area contributed by atoms with Crippen molar-refractivity contribution >= 4 is 11.9 Å². The number of allylic oxidation sites excluding steroid dienone is 2. The van der Waals surface area contributed by atoms with E-state index in [9.17, 15) is 50.4 Å². The molecule has 19 heteroatoms. The maximum absolute atomic E-state index is 13.9. The van der Waals surface area contributed by atoms with E-state index in [4.69, 9.17) is 43.0 Å². The Balaban J connectivity index is 1.25. The SMILES string of the molecule is CO[C@H]1CC[C@]23C=CC(C)[C@@H](CC(O)CC(O)CC4CCCC(CC(=O)OC(C(O)C/C=C/C/C=C\CC(O)C(=O)O)CC5(O)OC6(CCC5C)C[C@@H](OC)[C@H](O)[C@@H](CCC(C)C(O)C(O)[C@H]1O2)O6)O4)O3. The van der Waals surface area contributed by atoms with Gasteiger partial charge in [0.25, 0.3) is 0 Å². The molecule has 6 aliphatic heterocycles. The standard InChI is InChI=1S/C52H84O19/c1-30-18-21-50-23-20-40(64-4)48(70-50)47(60)45(58)31(2)16-17-39-46(59)43(65-5)28-51(68-39)22-19-32(3)52(63,71-51)29-42(37(55)14-9-7-6-8-10-15-38(56)49(61)62)67-44(57)27-36-13-11-12-35(66-36)25-33(53)24-34(54)26-41(30)69-50/h7-10,18,21,30-43,45-48,53-56,58-60,63H,6,11-17,19-20,22-29H2,1-5H3,(H,61,62)/b9-7+,10-8-/t30?,31?,32?,33?,34?,35?,36?,37?,38?,39-,40+,41-,42?,43-,45?,46-,47?,48+,50+,51?,52?/m1/s1. The fraction of sp³-hybridized carbons (Fsp3) is 0.846. The second-order valence-corrected chi connectivity index (χ2v) is 21.4. The number of hydrogen-bond donors (Lipinski definition) is 9. The van der Waals surface area contributed by atoms with E-state index in [1.165, 1.54) is 20.3 Å². The van der Waals surface area contributed by atoms with Crippen molar-refractivity contribution < 1.29 is 93.4 Å². The van der Waals surface area contributed by atoms with E-state index >= 15 is 0 Å². The summed E-state index contributed by atoms with van der Waals surface area (Å²) in [5, 5.41) is 100. The number of aliphatic carboxylic acids is 1. The summed E-state index contributed by atoms with van der Waals surface area (Å²) < 4.78 is 50.4. The number of methoxy groups -OCH3 is 2. The second-order valence-electron chi connectivity index (χ2n) is 21.4. The number of hydrogen-bond acceptors (Lipinski definition) is 18. The number of esters is 1. The topological polar surface area (TPSA) is 290 Å². The molecule has 6 rings (SSSR count). The van der Waals surface area contributed by atoms with Crippen LogP contribution in [0.5, 0.6) is 0 Å². The van der Waals surface area contributed by atoms with Gasteiger partial charge in [0.1, 0.15) is 24.4 Å². The van der Waals surface area contributed by atoms with Crippen molar-refractivity contribution in [2.75, 3.05) is 14.2 Å². The third kappa shape index (κ3) is 15.3. The van der Waals surface area contributed by atoms with E-state index in [1.807, 2.05) is 19.1 Å². The minimum atomic E-state index is -2.01. The summed E-state index contributed by atoms with van der Waals surface area (Å²) in [7, 11) is 2.98. The van der Waals surface area contributed by atoms with Crippen LogP contribution >= 0.6 is 0 Å². The van der Waals surface area contributed by atoms with Crippen LogP contribution in [0, 0.1) is 17.8 Å². The third-order valence-electron chi connectivity index (χ3n) is 15.8. The lowest BCUT2D eigenvalue weighted by Crippen LogP contribution is -2.63. The van der Waals surface area contributed by atoms with Crippen LogP contribution in [0.25, 0.3) is 0 Å². The molecule has 0 amide bonds. The molecule has 0 aromatic rings. The number of rotatable bonds is 10. The summed E-state index contributed by atoms with van der Waals surface area (Å²) >= 11 is 0. The van der Waals surface area contributed by atoms with Gasteiger partial charge in [-0.15, -0.1) is 0 Å². The van der Waals surface area contributed by atoms with Crippen LogP contribution in [0.1, 0.15) is 136 Å². The molecule has 0 aromatic carbocycles. The average Bonchev–Trinajstić information content (AvgIpc) is 3.32. The van der Waals surface area contributed by atoms with Gasteiger partial charge in [-0.1, -0.05) is 51.2 Å². The first-order chi connectivity index (χ1) is 33.7. The Labute approximate surface area is 418 Å². The lowest BCUT2D eigenvalue weighted by atomic mass is 9.80. The lowest BCUT2D eigenvalue weighted by molar-refractivity contribution is -0.423. The van der Waals surface area contributed by atoms with Gasteiger partial charge in [0.15, 0.2) is 23.5 Å². The molecule has 8 bridgehead atoms. The van der Waals surface area contributed by atoms with E-state index in [0.29, 0.717) is 51.4 Å². The van der Waals surface area contributed by atoms with Gasteiger partial charge in [0.05, 0.1) is 67.5 Å². The van der Waals surface area contributed by atoms with Gasteiger partial charge in [-0.25, -0.2) is 4.79 Å². The van der Waals surface area contributed by atoms with Crippen molar-refractivity contribution in [3.8, 4) is 0 Å². The first kappa shape index (κ1) is 57.8. The molecule has 5 fully saturated rings. The molecular formula is C52H84O19. The van der Waals surface area contributed by atoms with Crippen LogP contribution in [-0.4, -0.2) is 181 Å². The van der Waals surface area contributed by atoms with Gasteiger partial charge >= 0.3 is 11.9 Å². The number of carbonyl (C=O) groups is 2. The summed E-state index contributed by atoms with van der Waals surface area (Å²) in [6.45, 7) is 5.53. The summed E-state index contributed by atoms with van der Waals surface area (Å²) in [4.78, 5) is 24.8. The highest BCUT2D eigenvalue weighted by atomic mass is 16.8. The van der Waals surface area contributed by atoms with Crippen molar-refractivity contribution in [2.45, 2.75) is 245 Å². The van der Waals surface area contributed by atoms with E-state index < -0.39 is 133 Å². The highest BCUT2D eigenvalue weighted by molar-refractivity contribution is 5.72. The third-order valence-corrected chi connectivity index (χ3v) is 15.8. The fourth-order valence-electron chi connectivity index (χ4n) is 11.3. The summed E-state index contributed by atoms with van der Waals surface area (Å²) in [5.41, 5.74) is 0. The van der Waals surface area contributed by atoms with Crippen molar-refractivity contribution in [2.24, 2.45) is 17.8 Å². The molecule has 0 radical (unpaired) electrons. The van der Waals surface area contributed by atoms with Gasteiger partial charge in [0, 0.05) is 64.6 Å². The van der Waals surface area contributed by atoms with Gasteiger partial charge in [-0.2, -0.15) is 0 Å². The Morgan fingerprint density at radius 2 is 1.48 bits per heavy atom. The molecule has 19 nitrogen and oxygen atoms in total. The van der Waals surface area contributed by atoms with Crippen molar-refractivity contribution in [1.29, 1.82) is 0 Å². The molecule has 21 atom stereocenters. The Bertz CT molecular complexity index is 1780. The lowest BCUT2D eigenvalue weighted by Gasteiger charge is -2.54. The zero-order chi connectivity index (χ0) is 51.7. The van der Waals surface area contributed by atoms with E-state index in [1.54, 1.807) is 32.1 Å². The van der Waals surface area contributed by atoms with Gasteiger partial charge in [-0.3, -0.25) is 4.79 Å². The van der Waals surface area contributed by atoms with Crippen LogP contribution in [0.15, 0.2) is 36.5 Å². The minimum absolute atomic E-state index is 0.00247. The average molecular weight is 1010 g/mol. The van der Waals surface area contributed by atoms with Gasteiger partial charge in [-0.05, 0) is 82.6 Å². The second kappa shape index (κ2) is 25.9. The molecule has 0 saturated carbocycles. The highest BCUT2D eigenvalue weighted by Gasteiger charge is 2.57. The maximum Gasteiger partial charge on any atom is 0.332 e. The predicted molar refractivity (Wildman–Crippen MR) is 254 cm³/mol. The normalized spacial score (nSPS) is 44.5. The molecule has 406 valence electrons. The number of carbonyl (C=O) groups excluding carboxylic acids is 1. The quantitative estimate of drug-likeness (QED) is 0.112. The van der Waals surface area contributed by atoms with Crippen molar-refractivity contribution in [3.63, 3.8) is 0 Å².